The van der Waals surface area contributed by atoms with Crippen molar-refractivity contribution in [3.05, 3.63) is 0 Å². The summed E-state index contributed by atoms with van der Waals surface area (Å²) < 4.78 is 21.5. The van der Waals surface area contributed by atoms with E-state index in [-0.39, 0.29) is 19.4 Å². The molecule has 0 aromatic rings. The van der Waals surface area contributed by atoms with Crippen molar-refractivity contribution in [2.24, 2.45) is 0 Å². The maximum absolute atomic E-state index is 12.7. The van der Waals surface area contributed by atoms with Gasteiger partial charge in [0.05, 0.1) is 12.7 Å². The second kappa shape index (κ2) is 15.3. The van der Waals surface area contributed by atoms with Crippen molar-refractivity contribution < 1.29 is 63.7 Å². The van der Waals surface area contributed by atoms with Crippen molar-refractivity contribution in [1.82, 2.24) is 16.0 Å². The number of carboxylic acids is 1. The molecule has 1 fully saturated rings. The smallest absolute Gasteiger partial charge is 0.408 e. The van der Waals surface area contributed by atoms with Gasteiger partial charge in [0.25, 0.3) is 0 Å². The van der Waals surface area contributed by atoms with Crippen LogP contribution in [0.1, 0.15) is 54.4 Å². The van der Waals surface area contributed by atoms with Crippen LogP contribution in [-0.2, 0) is 28.5 Å². The average Bonchev–Trinajstić information content (AvgIpc) is 2.80. The molecule has 16 nitrogen and oxygen atoms in total. The van der Waals surface area contributed by atoms with Crippen molar-refractivity contribution >= 4 is 24.1 Å². The lowest BCUT2D eigenvalue weighted by Gasteiger charge is -2.41. The zero-order valence-electron chi connectivity index (χ0n) is 23.6. The van der Waals surface area contributed by atoms with Crippen LogP contribution in [0.2, 0.25) is 0 Å². The summed E-state index contributed by atoms with van der Waals surface area (Å²) in [7, 11) is 0. The SMILES string of the molecule is CC(C)(C)OC(=O)NC[C@@H](CC[C@H](NC(=O)OC(C)(C)C)C(=O)NCC(=O)O)O[C@@H]1O[C@H](CO)[C@H](O)[C@H](O)[C@H]1O. The molecule has 3 amide bonds. The minimum Gasteiger partial charge on any atom is -0.480 e. The highest BCUT2D eigenvalue weighted by molar-refractivity contribution is 5.88. The molecule has 1 aliphatic heterocycles. The van der Waals surface area contributed by atoms with Crippen LogP contribution in [0.15, 0.2) is 0 Å². The quantitative estimate of drug-likeness (QED) is 0.132. The maximum atomic E-state index is 12.7. The van der Waals surface area contributed by atoms with Crippen molar-refractivity contribution in [1.29, 1.82) is 0 Å². The van der Waals surface area contributed by atoms with Crippen molar-refractivity contribution in [3.63, 3.8) is 0 Å². The number of hydrogen-bond acceptors (Lipinski definition) is 12. The molecule has 1 rings (SSSR count). The number of nitrogens with one attached hydrogen (secondary N) is 3. The van der Waals surface area contributed by atoms with Gasteiger partial charge in [0.1, 0.15) is 48.2 Å². The molecule has 0 aromatic carbocycles. The molecule has 7 atom stereocenters. The van der Waals surface area contributed by atoms with Crippen LogP contribution in [-0.4, -0.2) is 123 Å². The number of ether oxygens (including phenoxy) is 4. The predicted octanol–water partition coefficient (Wildman–Crippen LogP) is -1.43. The van der Waals surface area contributed by atoms with Crippen LogP contribution in [0.5, 0.6) is 0 Å². The Balaban J connectivity index is 3.08. The fourth-order valence-corrected chi connectivity index (χ4v) is 3.46. The number of rotatable bonds is 12. The zero-order valence-corrected chi connectivity index (χ0v) is 23.6. The molecule has 40 heavy (non-hydrogen) atoms. The number of amides is 3. The van der Waals surface area contributed by atoms with Gasteiger partial charge >= 0.3 is 18.2 Å². The van der Waals surface area contributed by atoms with Crippen LogP contribution < -0.4 is 16.0 Å². The molecule has 1 saturated heterocycles. The molecule has 0 spiro atoms. The van der Waals surface area contributed by atoms with E-state index in [1.54, 1.807) is 41.5 Å². The second-order valence-electron chi connectivity index (χ2n) is 11.2. The molecule has 0 saturated carbocycles. The van der Waals surface area contributed by atoms with Crippen molar-refractivity contribution in [3.8, 4) is 0 Å². The van der Waals surface area contributed by atoms with Gasteiger partial charge in [0.15, 0.2) is 6.29 Å². The molecule has 8 N–H and O–H groups in total. The summed E-state index contributed by atoms with van der Waals surface area (Å²) in [6.45, 7) is 8.12. The fourth-order valence-electron chi connectivity index (χ4n) is 3.46. The average molecular weight is 582 g/mol. The van der Waals surface area contributed by atoms with E-state index in [2.05, 4.69) is 16.0 Å². The summed E-state index contributed by atoms with van der Waals surface area (Å²) in [6, 6.07) is -1.29. The molecule has 1 aliphatic rings. The number of carboxylic acid groups (broad SMARTS) is 1. The molecular weight excluding hydrogens is 538 g/mol. The third kappa shape index (κ3) is 13.1. The van der Waals surface area contributed by atoms with Crippen LogP contribution >= 0.6 is 0 Å². The van der Waals surface area contributed by atoms with E-state index in [1.807, 2.05) is 0 Å². The van der Waals surface area contributed by atoms with Crippen LogP contribution in [0.4, 0.5) is 9.59 Å². The molecular formula is C24H43N3O13. The highest BCUT2D eigenvalue weighted by Gasteiger charge is 2.45. The van der Waals surface area contributed by atoms with Crippen LogP contribution in [0.3, 0.4) is 0 Å². The first kappa shape index (κ1) is 35.3. The summed E-state index contributed by atoms with van der Waals surface area (Å²) in [5, 5.41) is 55.8. The van der Waals surface area contributed by atoms with Gasteiger partial charge in [-0.1, -0.05) is 0 Å². The number of hydrogen-bond donors (Lipinski definition) is 8. The predicted molar refractivity (Wildman–Crippen MR) is 136 cm³/mol. The first-order valence-corrected chi connectivity index (χ1v) is 12.7. The Bertz CT molecular complexity index is 856. The number of aliphatic carboxylic acids is 1. The lowest BCUT2D eigenvalue weighted by molar-refractivity contribution is -0.311. The summed E-state index contributed by atoms with van der Waals surface area (Å²) in [4.78, 5) is 48.1. The van der Waals surface area contributed by atoms with Gasteiger partial charge in [-0.2, -0.15) is 0 Å². The Morgan fingerprint density at radius 1 is 0.850 bits per heavy atom. The van der Waals surface area contributed by atoms with Gasteiger partial charge in [-0.25, -0.2) is 9.59 Å². The van der Waals surface area contributed by atoms with Gasteiger partial charge in [-0.15, -0.1) is 0 Å². The third-order valence-electron chi connectivity index (χ3n) is 5.25. The van der Waals surface area contributed by atoms with E-state index < -0.39 is 91.3 Å². The standard InChI is InChI=1S/C24H43N3O13/c1-23(2,3)39-21(35)26-9-12(37-20-18(33)17(32)16(31)14(11-28)38-20)7-8-13(19(34)25-10-15(29)30)27-22(36)40-24(4,5)6/h12-14,16-18,20,28,31-33H,7-11H2,1-6H3,(H,25,34)(H,26,35)(H,27,36)(H,29,30)/t12-,13+,14-,16+,17+,18-,20-/m1/s1. The number of aliphatic hydroxyl groups is 4. The monoisotopic (exact) mass is 581 g/mol. The van der Waals surface area contributed by atoms with Crippen molar-refractivity contribution in [2.45, 2.75) is 108 Å². The Kier molecular flexibility index (Phi) is 13.5. The number of aliphatic hydroxyl groups excluding tert-OH is 4. The zero-order chi connectivity index (χ0) is 30.8. The molecule has 16 heteroatoms. The first-order chi connectivity index (χ1) is 18.3. The first-order valence-electron chi connectivity index (χ1n) is 12.7. The van der Waals surface area contributed by atoms with E-state index in [9.17, 15) is 39.6 Å². The van der Waals surface area contributed by atoms with E-state index in [1.165, 1.54) is 0 Å². The summed E-state index contributed by atoms with van der Waals surface area (Å²) in [5.74, 6) is -2.14. The highest BCUT2D eigenvalue weighted by atomic mass is 16.7. The summed E-state index contributed by atoms with van der Waals surface area (Å²) >= 11 is 0. The Hall–Kier alpha value is -2.76. The second-order valence-corrected chi connectivity index (χ2v) is 11.2. The Morgan fingerprint density at radius 2 is 1.43 bits per heavy atom. The fraction of sp³-hybridized carbons (Fsp3) is 0.833. The number of alkyl carbamates (subject to hydrolysis) is 2. The Morgan fingerprint density at radius 3 is 1.95 bits per heavy atom. The minimum absolute atomic E-state index is 0.0915. The van der Waals surface area contributed by atoms with E-state index in [4.69, 9.17) is 24.1 Å². The normalized spacial score (nSPS) is 24.8. The highest BCUT2D eigenvalue weighted by Crippen LogP contribution is 2.24. The van der Waals surface area contributed by atoms with Gasteiger partial charge in [-0.3, -0.25) is 9.59 Å². The topological polar surface area (TPSA) is 242 Å². The molecule has 0 unspecified atom stereocenters. The molecule has 1 heterocycles. The van der Waals surface area contributed by atoms with Gasteiger partial charge in [0.2, 0.25) is 5.91 Å². The summed E-state index contributed by atoms with van der Waals surface area (Å²) in [5.41, 5.74) is -1.71. The lowest BCUT2D eigenvalue weighted by Crippen LogP contribution is -2.60. The van der Waals surface area contributed by atoms with E-state index in [0.717, 1.165) is 0 Å². The van der Waals surface area contributed by atoms with Gasteiger partial charge in [-0.05, 0) is 54.4 Å². The third-order valence-corrected chi connectivity index (χ3v) is 5.25. The van der Waals surface area contributed by atoms with Crippen LogP contribution in [0.25, 0.3) is 0 Å². The van der Waals surface area contributed by atoms with Gasteiger partial charge in [0, 0.05) is 6.54 Å². The molecule has 0 aromatic heterocycles. The van der Waals surface area contributed by atoms with E-state index >= 15 is 0 Å². The Labute approximate surface area is 232 Å². The number of carbonyl (C=O) groups excluding carboxylic acids is 3. The minimum atomic E-state index is -1.74. The number of carbonyl (C=O) groups is 4. The molecule has 232 valence electrons. The van der Waals surface area contributed by atoms with Crippen molar-refractivity contribution in [2.75, 3.05) is 19.7 Å². The summed E-state index contributed by atoms with van der Waals surface area (Å²) in [6.07, 6.45) is -10.9. The maximum Gasteiger partial charge on any atom is 0.408 e. The van der Waals surface area contributed by atoms with Gasteiger partial charge < -0.3 is 60.4 Å². The lowest BCUT2D eigenvalue weighted by atomic mass is 9.99. The van der Waals surface area contributed by atoms with E-state index in [0.29, 0.717) is 0 Å². The molecule has 0 bridgehead atoms. The molecule has 0 radical (unpaired) electrons. The molecule has 0 aliphatic carbocycles. The van der Waals surface area contributed by atoms with Crippen LogP contribution in [0, 0.1) is 0 Å². The largest absolute Gasteiger partial charge is 0.480 e.